The number of nitrogens with two attached hydrogens (primary N) is 1. The summed E-state index contributed by atoms with van der Waals surface area (Å²) in [4.78, 5) is 0. The molecule has 3 rings (SSSR count). The van der Waals surface area contributed by atoms with Crippen molar-refractivity contribution in [2.24, 2.45) is 5.92 Å². The number of rotatable bonds is 8. The van der Waals surface area contributed by atoms with Gasteiger partial charge in [0.25, 0.3) is 0 Å². The van der Waals surface area contributed by atoms with Crippen molar-refractivity contribution in [2.45, 2.75) is 16.9 Å². The Kier molecular flexibility index (Phi) is 5.67. The third kappa shape index (κ3) is 4.87. The number of hydrogen-bond donors (Lipinski definition) is 2. The fraction of sp³-hybridized carbons (Fsp3) is 0.368. The van der Waals surface area contributed by atoms with Gasteiger partial charge in [-0.05, 0) is 29.7 Å². The van der Waals surface area contributed by atoms with E-state index in [1.165, 1.54) is 5.56 Å². The van der Waals surface area contributed by atoms with Crippen molar-refractivity contribution in [2.75, 3.05) is 19.7 Å². The summed E-state index contributed by atoms with van der Waals surface area (Å²) >= 11 is 12.0. The number of alkyl halides is 2. The topological polar surface area (TPSA) is 46.1 Å². The molecule has 0 spiro atoms. The molecule has 5 heteroatoms. The van der Waals surface area contributed by atoms with Crippen LogP contribution in [0.4, 0.5) is 0 Å². The molecule has 0 aromatic heterocycles. The van der Waals surface area contributed by atoms with Crippen LogP contribution in [0.25, 0.3) is 11.1 Å². The van der Waals surface area contributed by atoms with Gasteiger partial charge in [0.15, 0.2) is 0 Å². The van der Waals surface area contributed by atoms with Crippen molar-refractivity contribution in [1.82, 2.24) is 0 Å². The predicted molar refractivity (Wildman–Crippen MR) is 97.6 cm³/mol. The summed E-state index contributed by atoms with van der Waals surface area (Å²) in [5.41, 5.74) is 2.32. The number of aliphatic hydroxyl groups is 1. The lowest BCUT2D eigenvalue weighted by Crippen LogP contribution is -2.87. The van der Waals surface area contributed by atoms with Crippen LogP contribution in [-0.2, 0) is 0 Å². The van der Waals surface area contributed by atoms with E-state index in [4.69, 9.17) is 27.9 Å². The summed E-state index contributed by atoms with van der Waals surface area (Å²) in [6, 6.07) is 18.1. The van der Waals surface area contributed by atoms with Crippen molar-refractivity contribution in [1.29, 1.82) is 0 Å². The van der Waals surface area contributed by atoms with Gasteiger partial charge in [0.05, 0.1) is 6.54 Å². The molecule has 3 N–H and O–H groups in total. The fourth-order valence-electron chi connectivity index (χ4n) is 2.65. The largest absolute Gasteiger partial charge is 0.491 e. The molecule has 3 nitrogen and oxygen atoms in total. The first-order valence-corrected chi connectivity index (χ1v) is 8.96. The van der Waals surface area contributed by atoms with E-state index < -0.39 is 10.4 Å². The van der Waals surface area contributed by atoms with E-state index in [1.54, 1.807) is 0 Å². The minimum Gasteiger partial charge on any atom is -0.491 e. The zero-order chi connectivity index (χ0) is 17.0. The quantitative estimate of drug-likeness (QED) is 0.705. The Balaban J connectivity index is 1.40. The lowest BCUT2D eigenvalue weighted by molar-refractivity contribution is -0.663. The highest BCUT2D eigenvalue weighted by Gasteiger charge is 2.52. The molecular formula is C19H22Cl2NO2+. The summed E-state index contributed by atoms with van der Waals surface area (Å²) in [5.74, 6) is 1.09. The van der Waals surface area contributed by atoms with E-state index in [1.807, 2.05) is 47.8 Å². The maximum Gasteiger partial charge on any atom is 0.137 e. The molecule has 1 fully saturated rings. The van der Waals surface area contributed by atoms with Gasteiger partial charge in [-0.1, -0.05) is 42.5 Å². The Labute approximate surface area is 152 Å². The van der Waals surface area contributed by atoms with Gasteiger partial charge in [0.2, 0.25) is 0 Å². The van der Waals surface area contributed by atoms with Gasteiger partial charge in [0.1, 0.15) is 29.3 Å². The van der Waals surface area contributed by atoms with Crippen molar-refractivity contribution in [3.8, 4) is 16.9 Å². The monoisotopic (exact) mass is 366 g/mol. The zero-order valence-corrected chi connectivity index (χ0v) is 14.9. The molecule has 0 amide bonds. The second kappa shape index (κ2) is 7.75. The van der Waals surface area contributed by atoms with E-state index in [-0.39, 0.29) is 6.61 Å². The molecule has 1 aliphatic carbocycles. The Morgan fingerprint density at radius 3 is 2.33 bits per heavy atom. The van der Waals surface area contributed by atoms with Gasteiger partial charge in [0, 0.05) is 5.92 Å². The molecule has 1 aliphatic rings. The first-order valence-electron chi connectivity index (χ1n) is 8.20. The molecule has 0 unspecified atom stereocenters. The predicted octanol–water partition coefficient (Wildman–Crippen LogP) is 2.85. The first kappa shape index (κ1) is 17.6. The summed E-state index contributed by atoms with van der Waals surface area (Å²) < 4.78 is 5.11. The molecule has 2 atom stereocenters. The first-order chi connectivity index (χ1) is 11.5. The standard InChI is InChI=1S/C19H21Cl2NO2/c20-19(21)10-16(19)11-22-12-17(23)13-24-18-8-6-15(7-9-18)14-4-2-1-3-5-14/h1-9,16-17,22-23H,10-13H2/p+1/t16-,17-/m0/s1. The maximum absolute atomic E-state index is 9.98. The highest BCUT2D eigenvalue weighted by Crippen LogP contribution is 2.52. The van der Waals surface area contributed by atoms with E-state index in [0.717, 1.165) is 24.3 Å². The van der Waals surface area contributed by atoms with Crippen LogP contribution in [0.2, 0.25) is 0 Å². The number of ether oxygens (including phenoxy) is 1. The lowest BCUT2D eigenvalue weighted by Gasteiger charge is -2.12. The molecule has 0 saturated heterocycles. The molecule has 0 heterocycles. The highest BCUT2D eigenvalue weighted by molar-refractivity contribution is 6.50. The van der Waals surface area contributed by atoms with E-state index in [0.29, 0.717) is 12.5 Å². The molecule has 0 bridgehead atoms. The van der Waals surface area contributed by atoms with Crippen LogP contribution in [0.3, 0.4) is 0 Å². The Bertz CT molecular complexity index is 646. The molecule has 2 aromatic rings. The maximum atomic E-state index is 9.98. The van der Waals surface area contributed by atoms with Gasteiger partial charge < -0.3 is 15.2 Å². The van der Waals surface area contributed by atoms with Gasteiger partial charge in [-0.2, -0.15) is 0 Å². The van der Waals surface area contributed by atoms with Crippen LogP contribution in [0.5, 0.6) is 5.75 Å². The van der Waals surface area contributed by atoms with E-state index in [9.17, 15) is 5.11 Å². The van der Waals surface area contributed by atoms with Gasteiger partial charge >= 0.3 is 0 Å². The highest BCUT2D eigenvalue weighted by atomic mass is 35.5. The Morgan fingerprint density at radius 2 is 1.71 bits per heavy atom. The number of hydrogen-bond acceptors (Lipinski definition) is 2. The van der Waals surface area contributed by atoms with E-state index in [2.05, 4.69) is 12.1 Å². The van der Waals surface area contributed by atoms with Crippen molar-refractivity contribution < 1.29 is 15.2 Å². The van der Waals surface area contributed by atoms with Crippen LogP contribution in [0.1, 0.15) is 6.42 Å². The van der Waals surface area contributed by atoms with E-state index >= 15 is 0 Å². The summed E-state index contributed by atoms with van der Waals surface area (Å²) in [5, 5.41) is 12.0. The Morgan fingerprint density at radius 1 is 1.08 bits per heavy atom. The number of aliphatic hydroxyl groups excluding tert-OH is 1. The summed E-state index contributed by atoms with van der Waals surface area (Å²) in [6.07, 6.45) is 0.324. The lowest BCUT2D eigenvalue weighted by atomic mass is 10.1. The minimum absolute atomic E-state index is 0.277. The molecule has 0 radical (unpaired) electrons. The molecule has 1 saturated carbocycles. The van der Waals surface area contributed by atoms with Crippen molar-refractivity contribution >= 4 is 23.2 Å². The number of halogens is 2. The molecule has 0 aliphatic heterocycles. The minimum atomic E-state index is -0.543. The number of quaternary nitrogens is 1. The van der Waals surface area contributed by atoms with Crippen molar-refractivity contribution in [3.05, 3.63) is 54.6 Å². The van der Waals surface area contributed by atoms with Gasteiger partial charge in [-0.25, -0.2) is 0 Å². The number of benzene rings is 2. The smallest absolute Gasteiger partial charge is 0.137 e. The fourth-order valence-corrected chi connectivity index (χ4v) is 3.20. The normalized spacial score (nSPS) is 19.7. The summed E-state index contributed by atoms with van der Waals surface area (Å²) in [7, 11) is 0. The third-order valence-corrected chi connectivity index (χ3v) is 5.18. The molecule has 128 valence electrons. The van der Waals surface area contributed by atoms with Crippen LogP contribution in [0, 0.1) is 5.92 Å². The average molecular weight is 367 g/mol. The molecule has 2 aromatic carbocycles. The third-order valence-electron chi connectivity index (χ3n) is 4.25. The van der Waals surface area contributed by atoms with Gasteiger partial charge in [-0.15, -0.1) is 23.2 Å². The van der Waals surface area contributed by atoms with Crippen LogP contribution >= 0.6 is 23.2 Å². The SMILES string of the molecule is O[C@@H](C[NH2+]C[C@@H]1CC1(Cl)Cl)COc1ccc(-c2ccccc2)cc1. The second-order valence-corrected chi connectivity index (χ2v) is 7.82. The van der Waals surface area contributed by atoms with Crippen molar-refractivity contribution in [3.63, 3.8) is 0 Å². The average Bonchev–Trinajstić information content (AvgIpc) is 3.21. The zero-order valence-electron chi connectivity index (χ0n) is 13.4. The van der Waals surface area contributed by atoms with Crippen LogP contribution < -0.4 is 10.1 Å². The van der Waals surface area contributed by atoms with Gasteiger partial charge in [-0.3, -0.25) is 0 Å². The summed E-state index contributed by atoms with van der Waals surface area (Å²) in [6.45, 7) is 1.71. The van der Waals surface area contributed by atoms with Crippen LogP contribution in [-0.4, -0.2) is 35.2 Å². The molecule has 24 heavy (non-hydrogen) atoms. The second-order valence-electron chi connectivity index (χ2n) is 6.28. The molecular weight excluding hydrogens is 345 g/mol. The Hall–Kier alpha value is -1.26. The van der Waals surface area contributed by atoms with Crippen LogP contribution in [0.15, 0.2) is 54.6 Å².